The number of carbonyl (C=O) groups is 4. The van der Waals surface area contributed by atoms with Crippen LogP contribution in [0.2, 0.25) is 0 Å². The summed E-state index contributed by atoms with van der Waals surface area (Å²) in [5.41, 5.74) is -1.27. The molecular formula is C21H36I4N4O8. The van der Waals surface area contributed by atoms with E-state index in [1.54, 1.807) is 0 Å². The van der Waals surface area contributed by atoms with Gasteiger partial charge in [-0.05, 0) is 84.0 Å². The minimum Gasteiger partial charge on any atom is -0.465 e. The average Bonchev–Trinajstić information content (AvgIpc) is 2.88. The second-order valence-electron chi connectivity index (χ2n) is 7.21. The molecule has 0 fully saturated rings. The number of halogens is 4. The Bertz CT molecular complexity index is 647. The molecule has 0 saturated carbocycles. The molecule has 12 nitrogen and oxygen atoms in total. The maximum Gasteiger partial charge on any atom is 0.307 e. The third-order valence-corrected chi connectivity index (χ3v) is 8.54. The SMILES string of the molecule is C=INCCC(=O)OCC(COC(=O)CCNI=C)(COC(=O)CCNI=C)COC(=O)CCNI=C. The van der Waals surface area contributed by atoms with Gasteiger partial charge in [0.05, 0.1) is 25.7 Å². The molecule has 0 bridgehead atoms. The van der Waals surface area contributed by atoms with E-state index < -0.39 is 113 Å². The molecule has 0 aromatic rings. The number of nitrogens with one attached hydrogen (secondary N) is 4. The largest absolute Gasteiger partial charge is 0.465 e. The van der Waals surface area contributed by atoms with Crippen molar-refractivity contribution in [2.45, 2.75) is 25.7 Å². The molecule has 0 spiro atoms. The van der Waals surface area contributed by atoms with Crippen molar-refractivity contribution in [2.24, 2.45) is 5.41 Å². The zero-order valence-corrected chi connectivity index (χ0v) is 29.2. The predicted molar refractivity (Wildman–Crippen MR) is 181 cm³/mol. The first-order chi connectivity index (χ1) is 17.8. The van der Waals surface area contributed by atoms with Gasteiger partial charge in [0.1, 0.15) is 31.8 Å². The fourth-order valence-corrected chi connectivity index (χ4v) is 4.94. The van der Waals surface area contributed by atoms with Gasteiger partial charge in [-0.25, -0.2) is 0 Å². The zero-order valence-electron chi connectivity index (χ0n) is 20.6. The smallest absolute Gasteiger partial charge is 0.307 e. The Morgan fingerprint density at radius 2 is 0.703 bits per heavy atom. The Balaban J connectivity index is 5.51. The van der Waals surface area contributed by atoms with Gasteiger partial charge in [0.25, 0.3) is 0 Å². The van der Waals surface area contributed by atoms with Gasteiger partial charge in [-0.3, -0.25) is 33.3 Å². The van der Waals surface area contributed by atoms with Crippen LogP contribution in [0.5, 0.6) is 0 Å². The van der Waals surface area contributed by atoms with Crippen molar-refractivity contribution in [3.8, 4) is 0 Å². The van der Waals surface area contributed by atoms with Crippen LogP contribution in [0.25, 0.3) is 0 Å². The molecule has 0 radical (unpaired) electrons. The summed E-state index contributed by atoms with van der Waals surface area (Å²) >= 11 is -1.68. The maximum atomic E-state index is 12.3. The van der Waals surface area contributed by atoms with Crippen LogP contribution in [0.4, 0.5) is 0 Å². The molecule has 0 saturated heterocycles. The first-order valence-corrected chi connectivity index (χ1v) is 21.3. The monoisotopic (exact) mass is 980 g/mol. The highest BCUT2D eigenvalue weighted by Gasteiger charge is 2.38. The molecule has 216 valence electrons. The second-order valence-corrected chi connectivity index (χ2v) is 13.3. The standard InChI is InChI=1S/C21H36I4N4O8/c1-22-26-9-5-17(30)34-13-21(14-35-18(31)6-10-27-23-2,15-36-19(32)7-11-28-24-3)16-37-20(33)8-12-29-25-4/h26-29H,1-16H2. The van der Waals surface area contributed by atoms with E-state index in [4.69, 9.17) is 18.9 Å². The Morgan fingerprint density at radius 3 is 0.892 bits per heavy atom. The molecular weight excluding hydrogens is 944 g/mol. The number of hydrogen-bond acceptors (Lipinski definition) is 12. The van der Waals surface area contributed by atoms with Crippen molar-refractivity contribution in [1.29, 1.82) is 0 Å². The van der Waals surface area contributed by atoms with Crippen molar-refractivity contribution in [3.05, 3.63) is 0 Å². The summed E-state index contributed by atoms with van der Waals surface area (Å²) in [6, 6.07) is 0. The van der Waals surface area contributed by atoms with Crippen LogP contribution >= 0.6 is 84.0 Å². The maximum absolute atomic E-state index is 12.3. The van der Waals surface area contributed by atoms with Gasteiger partial charge in [0.2, 0.25) is 0 Å². The van der Waals surface area contributed by atoms with Crippen LogP contribution in [0, 0.1) is 5.41 Å². The molecule has 0 heterocycles. The second kappa shape index (κ2) is 25.1. The molecule has 0 aromatic heterocycles. The van der Waals surface area contributed by atoms with Crippen LogP contribution in [0.1, 0.15) is 25.7 Å². The lowest BCUT2D eigenvalue weighted by Crippen LogP contribution is -2.44. The molecule has 0 amide bonds. The zero-order chi connectivity index (χ0) is 27.8. The topological polar surface area (TPSA) is 153 Å². The van der Waals surface area contributed by atoms with Crippen molar-refractivity contribution < 1.29 is 38.1 Å². The van der Waals surface area contributed by atoms with Crippen molar-refractivity contribution in [1.82, 2.24) is 14.1 Å². The number of carbonyl (C=O) groups excluding carboxylic acids is 4. The van der Waals surface area contributed by atoms with E-state index in [0.717, 1.165) is 0 Å². The van der Waals surface area contributed by atoms with Crippen LogP contribution in [-0.2, 0) is 38.1 Å². The molecule has 0 aliphatic rings. The lowest BCUT2D eigenvalue weighted by Gasteiger charge is -2.31. The van der Waals surface area contributed by atoms with Crippen molar-refractivity contribution in [2.75, 3.05) is 52.6 Å². The Labute approximate surface area is 259 Å². The summed E-state index contributed by atoms with van der Waals surface area (Å²) in [4.78, 5) is 49.1. The molecule has 0 unspecified atom stereocenters. The molecule has 4 N–H and O–H groups in total. The van der Waals surface area contributed by atoms with E-state index in [0.29, 0.717) is 26.2 Å². The lowest BCUT2D eigenvalue weighted by molar-refractivity contribution is -0.170. The quantitative estimate of drug-likeness (QED) is 0.0364. The predicted octanol–water partition coefficient (Wildman–Crippen LogP) is 1.34. The van der Waals surface area contributed by atoms with Gasteiger partial charge in [-0.1, -0.05) is 18.1 Å². The first kappa shape index (κ1) is 37.1. The number of esters is 4. The van der Waals surface area contributed by atoms with E-state index >= 15 is 0 Å². The van der Waals surface area contributed by atoms with E-state index in [1.807, 2.05) is 0 Å². The normalized spacial score (nSPS) is 11.0. The van der Waals surface area contributed by atoms with Crippen LogP contribution < -0.4 is 14.1 Å². The van der Waals surface area contributed by atoms with Crippen molar-refractivity contribution >= 4 is 126 Å². The summed E-state index contributed by atoms with van der Waals surface area (Å²) in [5.74, 6) is -1.97. The van der Waals surface area contributed by atoms with Crippen LogP contribution in [0.15, 0.2) is 0 Å². The van der Waals surface area contributed by atoms with Gasteiger partial charge < -0.3 is 18.9 Å². The molecule has 0 atom stereocenters. The fourth-order valence-electron chi connectivity index (χ4n) is 2.34. The highest BCUT2D eigenvalue weighted by atomic mass is 127. The molecule has 37 heavy (non-hydrogen) atoms. The fraction of sp³-hybridized carbons (Fsp3) is 0.619. The van der Waals surface area contributed by atoms with Gasteiger partial charge in [0.15, 0.2) is 0 Å². The minimum atomic E-state index is -1.27. The highest BCUT2D eigenvalue weighted by molar-refractivity contribution is 14.2. The first-order valence-electron chi connectivity index (χ1n) is 10.9. The Hall–Kier alpha value is 0.120. The average molecular weight is 980 g/mol. The van der Waals surface area contributed by atoms with Crippen LogP contribution in [-0.4, -0.2) is 94.5 Å². The van der Waals surface area contributed by atoms with Crippen molar-refractivity contribution in [3.63, 3.8) is 0 Å². The van der Waals surface area contributed by atoms with E-state index in [1.165, 1.54) is 0 Å². The molecule has 16 heteroatoms. The van der Waals surface area contributed by atoms with E-state index in [2.05, 4.69) is 32.2 Å². The summed E-state index contributed by atoms with van der Waals surface area (Å²) in [7, 11) is 0. The summed E-state index contributed by atoms with van der Waals surface area (Å²) in [6.45, 7) is 0.612. The summed E-state index contributed by atoms with van der Waals surface area (Å²) in [5, 5.41) is 0. The Kier molecular flexibility index (Phi) is 25.2. The third kappa shape index (κ3) is 21.6. The van der Waals surface area contributed by atoms with Crippen LogP contribution in [0.3, 0.4) is 0 Å². The number of ether oxygens (including phenoxy) is 4. The van der Waals surface area contributed by atoms with Gasteiger partial charge in [-0.15, -0.1) is 0 Å². The molecule has 0 aromatic carbocycles. The van der Waals surface area contributed by atoms with Gasteiger partial charge in [0, 0.05) is 26.2 Å². The van der Waals surface area contributed by atoms with Gasteiger partial charge >= 0.3 is 23.9 Å². The molecule has 0 rings (SSSR count). The summed E-state index contributed by atoms with van der Waals surface area (Å²) in [6.07, 6.45) is 0.461. The number of hydrogen-bond donors (Lipinski definition) is 4. The Morgan fingerprint density at radius 1 is 0.486 bits per heavy atom. The highest BCUT2D eigenvalue weighted by Crippen LogP contribution is 2.22. The van der Waals surface area contributed by atoms with E-state index in [-0.39, 0.29) is 52.1 Å². The summed E-state index contributed by atoms with van der Waals surface area (Å²) < 4.78 is 48.9. The molecule has 0 aliphatic heterocycles. The molecule has 0 aliphatic carbocycles. The lowest BCUT2D eigenvalue weighted by atomic mass is 9.92. The van der Waals surface area contributed by atoms with E-state index in [9.17, 15) is 19.2 Å². The minimum absolute atomic E-state index is 0.115. The van der Waals surface area contributed by atoms with Gasteiger partial charge in [-0.2, -0.15) is 0 Å². The number of rotatable bonds is 24. The third-order valence-electron chi connectivity index (χ3n) is 4.23.